The van der Waals surface area contributed by atoms with E-state index >= 15 is 0 Å². The monoisotopic (exact) mass is 637 g/mol. The van der Waals surface area contributed by atoms with Gasteiger partial charge in [-0.15, -0.1) is 0 Å². The summed E-state index contributed by atoms with van der Waals surface area (Å²) in [5.41, 5.74) is 9.79. The maximum Gasteiger partial charge on any atom is 0.164 e. The standard InChI is InChI=1S/C47H31N3/c1-4-16-32(17-5-1)37-23-12-13-25-39(37)42-29-28-36(31-44(42)43-30-35-22-10-11-24-38(35)40-26-14-15-27-41(40)43)47-49-45(33-18-6-2-7-19-33)48-46(50-47)34-20-8-3-9-21-34/h1-31H. The molecule has 0 saturated heterocycles. The second-order valence-corrected chi connectivity index (χ2v) is 12.4. The van der Waals surface area contributed by atoms with Crippen LogP contribution in [0.4, 0.5) is 0 Å². The van der Waals surface area contributed by atoms with Crippen LogP contribution in [0, 0.1) is 0 Å². The van der Waals surface area contributed by atoms with E-state index in [9.17, 15) is 0 Å². The van der Waals surface area contributed by atoms with Gasteiger partial charge in [-0.05, 0) is 67.1 Å². The van der Waals surface area contributed by atoms with Crippen LogP contribution in [-0.2, 0) is 0 Å². The molecule has 1 heterocycles. The molecular weight excluding hydrogens is 607 g/mol. The Bertz CT molecular complexity index is 2570. The minimum atomic E-state index is 0.631. The van der Waals surface area contributed by atoms with E-state index in [-0.39, 0.29) is 0 Å². The van der Waals surface area contributed by atoms with Crippen LogP contribution in [0.15, 0.2) is 188 Å². The fourth-order valence-corrected chi connectivity index (χ4v) is 6.94. The molecule has 50 heavy (non-hydrogen) atoms. The van der Waals surface area contributed by atoms with Crippen molar-refractivity contribution < 1.29 is 0 Å². The second kappa shape index (κ2) is 12.7. The molecule has 1 aromatic heterocycles. The van der Waals surface area contributed by atoms with Gasteiger partial charge in [0, 0.05) is 16.7 Å². The van der Waals surface area contributed by atoms with E-state index < -0.39 is 0 Å². The van der Waals surface area contributed by atoms with Gasteiger partial charge in [0.05, 0.1) is 0 Å². The third-order valence-corrected chi connectivity index (χ3v) is 9.34. The van der Waals surface area contributed by atoms with Gasteiger partial charge in [0.2, 0.25) is 0 Å². The summed E-state index contributed by atoms with van der Waals surface area (Å²) in [5, 5.41) is 4.87. The predicted octanol–water partition coefficient (Wildman–Crippen LogP) is 12.2. The number of hydrogen-bond acceptors (Lipinski definition) is 3. The second-order valence-electron chi connectivity index (χ2n) is 12.4. The molecule has 0 saturated carbocycles. The molecule has 0 N–H and O–H groups in total. The van der Waals surface area contributed by atoms with Gasteiger partial charge in [0.25, 0.3) is 0 Å². The lowest BCUT2D eigenvalue weighted by molar-refractivity contribution is 1.07. The molecule has 0 aliphatic carbocycles. The molecule has 0 bridgehead atoms. The Morgan fingerprint density at radius 3 is 1.34 bits per heavy atom. The third-order valence-electron chi connectivity index (χ3n) is 9.34. The molecule has 3 heteroatoms. The van der Waals surface area contributed by atoms with Crippen molar-refractivity contribution in [2.24, 2.45) is 0 Å². The zero-order valence-electron chi connectivity index (χ0n) is 27.2. The quantitative estimate of drug-likeness (QED) is 0.170. The van der Waals surface area contributed by atoms with E-state index in [0.29, 0.717) is 17.5 Å². The zero-order chi connectivity index (χ0) is 33.3. The smallest absolute Gasteiger partial charge is 0.164 e. The van der Waals surface area contributed by atoms with Gasteiger partial charge < -0.3 is 0 Å². The van der Waals surface area contributed by atoms with Gasteiger partial charge in [-0.3, -0.25) is 0 Å². The largest absolute Gasteiger partial charge is 0.208 e. The van der Waals surface area contributed by atoms with Crippen LogP contribution in [-0.4, -0.2) is 15.0 Å². The van der Waals surface area contributed by atoms with E-state index in [2.05, 4.69) is 127 Å². The van der Waals surface area contributed by atoms with Crippen molar-refractivity contribution >= 4 is 21.5 Å². The summed E-state index contributed by atoms with van der Waals surface area (Å²) in [5.74, 6) is 1.92. The Morgan fingerprint density at radius 1 is 0.240 bits per heavy atom. The maximum atomic E-state index is 5.09. The van der Waals surface area contributed by atoms with Crippen molar-refractivity contribution in [2.75, 3.05) is 0 Å². The number of benzene rings is 8. The fraction of sp³-hybridized carbons (Fsp3) is 0. The Kier molecular flexibility index (Phi) is 7.49. The van der Waals surface area contributed by atoms with E-state index in [1.807, 2.05) is 60.7 Å². The lowest BCUT2D eigenvalue weighted by atomic mass is 9.85. The van der Waals surface area contributed by atoms with Crippen molar-refractivity contribution in [3.05, 3.63) is 188 Å². The van der Waals surface area contributed by atoms with Crippen molar-refractivity contribution in [2.45, 2.75) is 0 Å². The topological polar surface area (TPSA) is 38.7 Å². The molecule has 0 aliphatic heterocycles. The lowest BCUT2D eigenvalue weighted by Crippen LogP contribution is -2.00. The predicted molar refractivity (Wildman–Crippen MR) is 207 cm³/mol. The number of nitrogens with zero attached hydrogens (tertiary/aromatic N) is 3. The summed E-state index contributed by atoms with van der Waals surface area (Å²) < 4.78 is 0. The van der Waals surface area contributed by atoms with Gasteiger partial charge in [-0.25, -0.2) is 15.0 Å². The SMILES string of the molecule is c1ccc(-c2nc(-c3ccccc3)nc(-c3ccc(-c4ccccc4-c4ccccc4)c(-c4cc5ccccc5c5ccccc45)c3)n2)cc1. The van der Waals surface area contributed by atoms with E-state index in [4.69, 9.17) is 15.0 Å². The van der Waals surface area contributed by atoms with Crippen molar-refractivity contribution in [3.63, 3.8) is 0 Å². The molecule has 0 spiro atoms. The summed E-state index contributed by atoms with van der Waals surface area (Å²) in [7, 11) is 0. The number of hydrogen-bond donors (Lipinski definition) is 0. The molecule has 9 aromatic rings. The van der Waals surface area contributed by atoms with E-state index in [1.54, 1.807) is 0 Å². The summed E-state index contributed by atoms with van der Waals surface area (Å²) in [6, 6.07) is 66.0. The lowest BCUT2D eigenvalue weighted by Gasteiger charge is -2.18. The minimum absolute atomic E-state index is 0.631. The molecule has 0 amide bonds. The Morgan fingerprint density at radius 2 is 0.700 bits per heavy atom. The van der Waals surface area contributed by atoms with E-state index in [0.717, 1.165) is 27.8 Å². The van der Waals surface area contributed by atoms with Crippen LogP contribution in [0.1, 0.15) is 0 Å². The molecule has 0 unspecified atom stereocenters. The highest BCUT2D eigenvalue weighted by atomic mass is 15.0. The molecule has 8 aromatic carbocycles. The molecule has 0 aliphatic rings. The zero-order valence-corrected chi connectivity index (χ0v) is 27.2. The number of rotatable bonds is 6. The first kappa shape index (κ1) is 29.4. The van der Waals surface area contributed by atoms with Gasteiger partial charge in [-0.1, -0.05) is 176 Å². The van der Waals surface area contributed by atoms with Crippen molar-refractivity contribution in [1.29, 1.82) is 0 Å². The van der Waals surface area contributed by atoms with Crippen LogP contribution < -0.4 is 0 Å². The highest BCUT2D eigenvalue weighted by molar-refractivity contribution is 6.15. The van der Waals surface area contributed by atoms with Gasteiger partial charge in [0.1, 0.15) is 0 Å². The van der Waals surface area contributed by atoms with Gasteiger partial charge in [-0.2, -0.15) is 0 Å². The number of aromatic nitrogens is 3. The molecular formula is C47H31N3. The number of fused-ring (bicyclic) bond motifs is 3. The van der Waals surface area contributed by atoms with E-state index in [1.165, 1.54) is 43.8 Å². The third kappa shape index (κ3) is 5.41. The summed E-state index contributed by atoms with van der Waals surface area (Å²) in [6.07, 6.45) is 0. The summed E-state index contributed by atoms with van der Waals surface area (Å²) >= 11 is 0. The Labute approximate surface area is 291 Å². The van der Waals surface area contributed by atoms with Crippen LogP contribution in [0.5, 0.6) is 0 Å². The molecule has 0 atom stereocenters. The molecule has 234 valence electrons. The molecule has 9 rings (SSSR count). The van der Waals surface area contributed by atoms with Crippen molar-refractivity contribution in [1.82, 2.24) is 15.0 Å². The van der Waals surface area contributed by atoms with Crippen LogP contribution >= 0.6 is 0 Å². The Balaban J connectivity index is 1.33. The summed E-state index contributed by atoms with van der Waals surface area (Å²) in [4.78, 5) is 15.1. The van der Waals surface area contributed by atoms with Crippen LogP contribution in [0.2, 0.25) is 0 Å². The molecule has 0 radical (unpaired) electrons. The molecule has 0 fully saturated rings. The van der Waals surface area contributed by atoms with Crippen molar-refractivity contribution in [3.8, 4) is 67.5 Å². The first-order valence-electron chi connectivity index (χ1n) is 16.9. The van der Waals surface area contributed by atoms with Gasteiger partial charge >= 0.3 is 0 Å². The first-order valence-corrected chi connectivity index (χ1v) is 16.9. The summed E-state index contributed by atoms with van der Waals surface area (Å²) in [6.45, 7) is 0. The average molecular weight is 638 g/mol. The van der Waals surface area contributed by atoms with Crippen LogP contribution in [0.3, 0.4) is 0 Å². The normalized spacial score (nSPS) is 11.2. The maximum absolute atomic E-state index is 5.09. The Hall–Kier alpha value is -6.71. The minimum Gasteiger partial charge on any atom is -0.208 e. The van der Waals surface area contributed by atoms with Gasteiger partial charge in [0.15, 0.2) is 17.5 Å². The molecule has 3 nitrogen and oxygen atoms in total. The average Bonchev–Trinajstić information content (AvgIpc) is 3.21. The fourth-order valence-electron chi connectivity index (χ4n) is 6.94. The highest BCUT2D eigenvalue weighted by Gasteiger charge is 2.19. The highest BCUT2D eigenvalue weighted by Crippen LogP contribution is 2.43. The van der Waals surface area contributed by atoms with Crippen LogP contribution in [0.25, 0.3) is 89.1 Å². The first-order chi connectivity index (χ1) is 24.8.